The van der Waals surface area contributed by atoms with Gasteiger partial charge in [0.05, 0.1) is 19.8 Å². The maximum Gasteiger partial charge on any atom is 0.320 e. The molecule has 94 valence electrons. The molecule has 1 N–H and O–H groups in total. The highest BCUT2D eigenvalue weighted by Crippen LogP contribution is 2.46. The molecular weight excluding hydrogens is 220 g/mol. The van der Waals surface area contributed by atoms with Crippen LogP contribution >= 0.6 is 0 Å². The Morgan fingerprint density at radius 1 is 1.47 bits per heavy atom. The topological polar surface area (TPSA) is 55.8 Å². The smallest absolute Gasteiger partial charge is 0.320 e. The Morgan fingerprint density at radius 3 is 2.76 bits per heavy atom. The van der Waals surface area contributed by atoms with Gasteiger partial charge in [0.2, 0.25) is 0 Å². The maximum absolute atomic E-state index is 11.6. The normalized spacial score (nSPS) is 35.8. The number of carbonyl (C=O) groups is 1. The first-order chi connectivity index (χ1) is 8.01. The number of ether oxygens (including phenoxy) is 2. The Kier molecular flexibility index (Phi) is 3.00. The Labute approximate surface area is 101 Å². The average Bonchev–Trinajstić information content (AvgIpc) is 2.63. The number of aliphatic hydroxyl groups is 1. The second kappa shape index (κ2) is 4.18. The molecule has 0 aromatic rings. The largest absolute Gasteiger partial charge is 0.500 e. The van der Waals surface area contributed by atoms with Gasteiger partial charge in [0, 0.05) is 5.92 Å². The first-order valence-electron chi connectivity index (χ1n) is 5.76. The van der Waals surface area contributed by atoms with E-state index < -0.39 is 11.5 Å². The van der Waals surface area contributed by atoms with Gasteiger partial charge in [-0.15, -0.1) is 0 Å². The highest BCUT2D eigenvalue weighted by Gasteiger charge is 2.44. The van der Waals surface area contributed by atoms with Crippen molar-refractivity contribution in [3.05, 3.63) is 23.5 Å². The van der Waals surface area contributed by atoms with E-state index >= 15 is 0 Å². The minimum Gasteiger partial charge on any atom is -0.500 e. The van der Waals surface area contributed by atoms with Crippen molar-refractivity contribution in [2.75, 3.05) is 14.2 Å². The SMILES string of the molecule is COC(=O)C1C=C[C@H]2C(=C1OC)CC[C@]2(C)O. The van der Waals surface area contributed by atoms with Gasteiger partial charge in [-0.3, -0.25) is 4.79 Å². The van der Waals surface area contributed by atoms with Crippen molar-refractivity contribution in [3.8, 4) is 0 Å². The predicted octanol–water partition coefficient (Wildman–Crippen LogP) is 1.41. The Balaban J connectivity index is 2.38. The Bertz CT molecular complexity index is 392. The minimum absolute atomic E-state index is 0.0432. The summed E-state index contributed by atoms with van der Waals surface area (Å²) in [6, 6.07) is 0. The van der Waals surface area contributed by atoms with Gasteiger partial charge in [-0.25, -0.2) is 0 Å². The molecule has 2 aliphatic carbocycles. The van der Waals surface area contributed by atoms with E-state index in [1.54, 1.807) is 13.2 Å². The number of hydrogen-bond acceptors (Lipinski definition) is 4. The Hall–Kier alpha value is -1.29. The van der Waals surface area contributed by atoms with Crippen LogP contribution in [0.5, 0.6) is 0 Å². The van der Waals surface area contributed by atoms with Crippen LogP contribution in [0.2, 0.25) is 0 Å². The third-order valence-corrected chi connectivity index (χ3v) is 3.72. The molecule has 1 fully saturated rings. The number of fused-ring (bicyclic) bond motifs is 1. The third kappa shape index (κ3) is 1.86. The lowest BCUT2D eigenvalue weighted by atomic mass is 9.83. The maximum atomic E-state index is 11.6. The van der Waals surface area contributed by atoms with Crippen LogP contribution in [0.1, 0.15) is 19.8 Å². The summed E-state index contributed by atoms with van der Waals surface area (Å²) in [4.78, 5) is 11.6. The van der Waals surface area contributed by atoms with Crippen LogP contribution in [-0.4, -0.2) is 30.9 Å². The second-order valence-corrected chi connectivity index (χ2v) is 4.81. The highest BCUT2D eigenvalue weighted by molar-refractivity contribution is 5.78. The van der Waals surface area contributed by atoms with Crippen molar-refractivity contribution in [2.45, 2.75) is 25.4 Å². The van der Waals surface area contributed by atoms with Crippen LogP contribution in [0.15, 0.2) is 23.5 Å². The standard InChI is InChI=1S/C13H18O4/c1-13(15)7-6-8-10(13)5-4-9(11(8)16-2)12(14)17-3/h4-5,9-10,15H,6-7H2,1-3H3/t9?,10-,13-/m0/s1. The molecule has 0 heterocycles. The van der Waals surface area contributed by atoms with Crippen LogP contribution in [0, 0.1) is 11.8 Å². The molecule has 0 amide bonds. The molecule has 0 aromatic carbocycles. The van der Waals surface area contributed by atoms with Crippen molar-refractivity contribution in [1.82, 2.24) is 0 Å². The molecule has 0 saturated heterocycles. The molecule has 4 heteroatoms. The van der Waals surface area contributed by atoms with E-state index in [1.807, 2.05) is 13.0 Å². The number of hydrogen-bond donors (Lipinski definition) is 1. The summed E-state index contributed by atoms with van der Waals surface area (Å²) < 4.78 is 10.1. The first kappa shape index (κ1) is 12.2. The van der Waals surface area contributed by atoms with E-state index in [-0.39, 0.29) is 11.9 Å². The molecule has 17 heavy (non-hydrogen) atoms. The fourth-order valence-electron chi connectivity index (χ4n) is 2.75. The second-order valence-electron chi connectivity index (χ2n) is 4.81. The van der Waals surface area contributed by atoms with Crippen molar-refractivity contribution in [3.63, 3.8) is 0 Å². The summed E-state index contributed by atoms with van der Waals surface area (Å²) in [6.07, 6.45) is 5.11. The van der Waals surface area contributed by atoms with Gasteiger partial charge in [-0.2, -0.15) is 0 Å². The van der Waals surface area contributed by atoms with E-state index in [1.165, 1.54) is 7.11 Å². The molecule has 1 saturated carbocycles. The van der Waals surface area contributed by atoms with Crippen LogP contribution < -0.4 is 0 Å². The van der Waals surface area contributed by atoms with E-state index in [2.05, 4.69) is 0 Å². The monoisotopic (exact) mass is 238 g/mol. The van der Waals surface area contributed by atoms with Crippen LogP contribution in [0.3, 0.4) is 0 Å². The molecule has 1 unspecified atom stereocenters. The zero-order valence-electron chi connectivity index (χ0n) is 10.4. The fraction of sp³-hybridized carbons (Fsp3) is 0.615. The zero-order chi connectivity index (χ0) is 12.6. The quantitative estimate of drug-likeness (QED) is 0.583. The van der Waals surface area contributed by atoms with Crippen molar-refractivity contribution < 1.29 is 19.4 Å². The van der Waals surface area contributed by atoms with Gasteiger partial charge in [-0.05, 0) is 25.3 Å². The van der Waals surface area contributed by atoms with E-state index in [0.29, 0.717) is 12.2 Å². The van der Waals surface area contributed by atoms with Gasteiger partial charge in [0.15, 0.2) is 0 Å². The summed E-state index contributed by atoms with van der Waals surface area (Å²) in [5.41, 5.74) is 0.284. The van der Waals surface area contributed by atoms with Crippen molar-refractivity contribution >= 4 is 5.97 Å². The fourth-order valence-corrected chi connectivity index (χ4v) is 2.75. The molecule has 0 aromatic heterocycles. The van der Waals surface area contributed by atoms with Gasteiger partial charge >= 0.3 is 5.97 Å². The number of carbonyl (C=O) groups excluding carboxylic acids is 1. The molecule has 0 radical (unpaired) electrons. The van der Waals surface area contributed by atoms with E-state index in [4.69, 9.17) is 9.47 Å². The van der Waals surface area contributed by atoms with Gasteiger partial charge in [0.1, 0.15) is 11.7 Å². The molecule has 0 aliphatic heterocycles. The summed E-state index contributed by atoms with van der Waals surface area (Å²) in [5, 5.41) is 10.2. The first-order valence-corrected chi connectivity index (χ1v) is 5.76. The number of rotatable bonds is 2. The number of esters is 1. The average molecular weight is 238 g/mol. The van der Waals surface area contributed by atoms with Gasteiger partial charge in [0.25, 0.3) is 0 Å². The Morgan fingerprint density at radius 2 is 2.18 bits per heavy atom. The van der Waals surface area contributed by atoms with Crippen LogP contribution in [0.25, 0.3) is 0 Å². The lowest BCUT2D eigenvalue weighted by molar-refractivity contribution is -0.143. The third-order valence-electron chi connectivity index (χ3n) is 3.72. The zero-order valence-corrected chi connectivity index (χ0v) is 10.4. The molecule has 2 aliphatic rings. The lowest BCUT2D eigenvalue weighted by Crippen LogP contribution is -2.31. The van der Waals surface area contributed by atoms with E-state index in [0.717, 1.165) is 12.0 Å². The number of methoxy groups -OCH3 is 2. The molecule has 0 spiro atoms. The minimum atomic E-state index is -0.739. The molecule has 0 bridgehead atoms. The lowest BCUT2D eigenvalue weighted by Gasteiger charge is -2.29. The summed E-state index contributed by atoms with van der Waals surface area (Å²) in [7, 11) is 2.92. The molecule has 3 atom stereocenters. The van der Waals surface area contributed by atoms with Crippen LogP contribution in [-0.2, 0) is 14.3 Å². The summed E-state index contributed by atoms with van der Waals surface area (Å²) >= 11 is 0. The van der Waals surface area contributed by atoms with E-state index in [9.17, 15) is 9.90 Å². The van der Waals surface area contributed by atoms with Gasteiger partial charge < -0.3 is 14.6 Å². The molecular formula is C13H18O4. The van der Waals surface area contributed by atoms with Crippen molar-refractivity contribution in [1.29, 1.82) is 0 Å². The van der Waals surface area contributed by atoms with Gasteiger partial charge in [-0.1, -0.05) is 12.2 Å². The summed E-state index contributed by atoms with van der Waals surface area (Å²) in [5.74, 6) is -0.193. The van der Waals surface area contributed by atoms with Crippen LogP contribution in [0.4, 0.5) is 0 Å². The summed E-state index contributed by atoms with van der Waals surface area (Å²) in [6.45, 7) is 1.82. The predicted molar refractivity (Wildman–Crippen MR) is 62.0 cm³/mol. The molecule has 4 nitrogen and oxygen atoms in total. The molecule has 2 rings (SSSR count). The van der Waals surface area contributed by atoms with Crippen molar-refractivity contribution in [2.24, 2.45) is 11.8 Å². The highest BCUT2D eigenvalue weighted by atomic mass is 16.5.